The summed E-state index contributed by atoms with van der Waals surface area (Å²) in [5, 5.41) is 10.8. The van der Waals surface area contributed by atoms with Crippen molar-refractivity contribution in [1.29, 1.82) is 0 Å². The summed E-state index contributed by atoms with van der Waals surface area (Å²) in [7, 11) is 0.450. The smallest absolute Gasteiger partial charge is 0.214 e. The van der Waals surface area contributed by atoms with Gasteiger partial charge in [0.05, 0.1) is 34.6 Å². The van der Waals surface area contributed by atoms with Crippen molar-refractivity contribution in [1.82, 2.24) is 15.0 Å². The van der Waals surface area contributed by atoms with Crippen molar-refractivity contribution in [2.24, 2.45) is 0 Å². The van der Waals surface area contributed by atoms with Crippen LogP contribution in [0.15, 0.2) is 35.4 Å². The van der Waals surface area contributed by atoms with Crippen LogP contribution in [0.1, 0.15) is 20.3 Å². The van der Waals surface area contributed by atoms with E-state index in [0.717, 1.165) is 34.7 Å². The molecule has 2 N–H and O–H groups in total. The average molecular weight is 403 g/mol. The first-order valence-corrected chi connectivity index (χ1v) is 10.9. The molecule has 3 aromatic heterocycles. The van der Waals surface area contributed by atoms with Gasteiger partial charge in [-0.05, 0) is 24.6 Å². The molecule has 0 radical (unpaired) electrons. The van der Waals surface area contributed by atoms with E-state index in [4.69, 9.17) is 4.74 Å². The van der Waals surface area contributed by atoms with Crippen molar-refractivity contribution < 1.29 is 14.1 Å². The van der Waals surface area contributed by atoms with Crippen molar-refractivity contribution in [2.45, 2.75) is 31.3 Å². The van der Waals surface area contributed by atoms with Gasteiger partial charge in [-0.15, -0.1) is 0 Å². The highest BCUT2D eigenvalue weighted by Crippen LogP contribution is 2.34. The van der Waals surface area contributed by atoms with Gasteiger partial charge in [0.25, 0.3) is 0 Å². The predicted octanol–water partition coefficient (Wildman–Crippen LogP) is 2.97. The molecule has 1 aliphatic rings. The number of fused-ring (bicyclic) bond motifs is 1. The fraction of sp³-hybridized carbons (Fsp3) is 0.400. The van der Waals surface area contributed by atoms with Crippen LogP contribution < -0.4 is 9.64 Å². The highest BCUT2D eigenvalue weighted by molar-refractivity contribution is 7.84. The number of nitrogens with one attached hydrogen (secondary N) is 1. The van der Waals surface area contributed by atoms with Gasteiger partial charge in [0, 0.05) is 42.6 Å². The largest absolute Gasteiger partial charge is 0.481 e. The molecule has 0 saturated carbocycles. The van der Waals surface area contributed by atoms with E-state index in [1.54, 1.807) is 19.6 Å². The summed E-state index contributed by atoms with van der Waals surface area (Å²) >= 11 is 0. The van der Waals surface area contributed by atoms with Gasteiger partial charge in [-0.2, -0.15) is 4.98 Å². The summed E-state index contributed by atoms with van der Waals surface area (Å²) in [6.07, 6.45) is 3.65. The van der Waals surface area contributed by atoms with Crippen LogP contribution in [0.25, 0.3) is 22.3 Å². The number of ether oxygens (including phenoxy) is 1. The molecule has 0 amide bonds. The van der Waals surface area contributed by atoms with Crippen molar-refractivity contribution in [3.63, 3.8) is 0 Å². The van der Waals surface area contributed by atoms with E-state index in [0.29, 0.717) is 23.7 Å². The molecule has 4 heterocycles. The number of anilines is 1. The zero-order valence-electron chi connectivity index (χ0n) is 16.6. The van der Waals surface area contributed by atoms with E-state index in [9.17, 15) is 9.32 Å². The molecule has 8 heteroatoms. The molecule has 1 saturated heterocycles. The number of β-amino-alcohol motifs (C(OH)–C–C–N with tert-alkyl or cyclic N) is 1. The van der Waals surface area contributed by atoms with Crippen molar-refractivity contribution in [3.05, 3.63) is 30.5 Å². The quantitative estimate of drug-likeness (QED) is 0.697. The number of pyridine rings is 2. The van der Waals surface area contributed by atoms with E-state index in [-0.39, 0.29) is 6.10 Å². The van der Waals surface area contributed by atoms with Crippen LogP contribution in [0.5, 0.6) is 5.88 Å². The van der Waals surface area contributed by atoms with Gasteiger partial charge in [0.15, 0.2) is 0 Å². The zero-order valence-corrected chi connectivity index (χ0v) is 17.4. The number of aromatic nitrogens is 3. The molecule has 0 bridgehead atoms. The molecule has 0 aliphatic carbocycles. The summed E-state index contributed by atoms with van der Waals surface area (Å²) in [5.41, 5.74) is 2.41. The molecule has 7 nitrogen and oxygen atoms in total. The van der Waals surface area contributed by atoms with Crippen molar-refractivity contribution in [3.8, 4) is 17.1 Å². The normalized spacial score (nSPS) is 17.3. The lowest BCUT2D eigenvalue weighted by Crippen LogP contribution is -2.23. The van der Waals surface area contributed by atoms with E-state index in [1.165, 1.54) is 0 Å². The molecule has 4 rings (SSSR count). The fourth-order valence-corrected chi connectivity index (χ4v) is 3.71. The lowest BCUT2D eigenvalue weighted by molar-refractivity contribution is 0.198. The topological polar surface area (TPSA) is 91.3 Å². The maximum absolute atomic E-state index is 11.9. The Balaban J connectivity index is 0.00000109. The third-order valence-corrected chi connectivity index (χ3v) is 5.48. The Bertz CT molecular complexity index is 989. The van der Waals surface area contributed by atoms with E-state index < -0.39 is 10.8 Å². The molecule has 1 unspecified atom stereocenters. The second-order valence-electron chi connectivity index (χ2n) is 6.36. The lowest BCUT2D eigenvalue weighted by atomic mass is 10.1. The summed E-state index contributed by atoms with van der Waals surface area (Å²) in [5.74, 6) is 1.31. The average Bonchev–Trinajstić information content (AvgIpc) is 3.34. The highest BCUT2D eigenvalue weighted by Gasteiger charge is 2.25. The SMILES string of the molecule is CC.COc1ccc2cc(-c3cc([S@@](C)=O)cnc3N3CCC(O)C3)[nH]c2n1. The van der Waals surface area contributed by atoms with Crippen LogP contribution in [0.4, 0.5) is 5.82 Å². The number of aliphatic hydroxyl groups is 1. The maximum atomic E-state index is 11.9. The van der Waals surface area contributed by atoms with E-state index in [2.05, 4.69) is 19.9 Å². The number of aromatic amines is 1. The number of hydrogen-bond donors (Lipinski definition) is 2. The van der Waals surface area contributed by atoms with Gasteiger partial charge in [0.2, 0.25) is 5.88 Å². The molecule has 28 heavy (non-hydrogen) atoms. The summed E-state index contributed by atoms with van der Waals surface area (Å²) < 4.78 is 17.1. The first kappa shape index (κ1) is 20.3. The second-order valence-corrected chi connectivity index (χ2v) is 7.74. The molecule has 0 spiro atoms. The van der Waals surface area contributed by atoms with Gasteiger partial charge in [-0.25, -0.2) is 4.98 Å². The summed E-state index contributed by atoms with van der Waals surface area (Å²) in [6.45, 7) is 5.28. The molecule has 150 valence electrons. The fourth-order valence-electron chi connectivity index (χ4n) is 3.23. The number of H-pyrrole nitrogens is 1. The number of nitrogens with zero attached hydrogens (tertiary/aromatic N) is 3. The first-order chi connectivity index (χ1) is 13.5. The Morgan fingerprint density at radius 3 is 2.75 bits per heavy atom. The Morgan fingerprint density at radius 1 is 1.32 bits per heavy atom. The monoisotopic (exact) mass is 402 g/mol. The number of rotatable bonds is 4. The predicted molar refractivity (Wildman–Crippen MR) is 112 cm³/mol. The number of hydrogen-bond acceptors (Lipinski definition) is 6. The van der Waals surface area contributed by atoms with Gasteiger partial charge in [-0.1, -0.05) is 13.8 Å². The Kier molecular flexibility index (Phi) is 6.31. The molecule has 3 aromatic rings. The Hall–Kier alpha value is -2.45. The van der Waals surface area contributed by atoms with Crippen LogP contribution in [-0.4, -0.2) is 56.8 Å². The molecule has 2 atom stereocenters. The maximum Gasteiger partial charge on any atom is 0.214 e. The van der Waals surface area contributed by atoms with Crippen LogP contribution in [-0.2, 0) is 10.8 Å². The minimum absolute atomic E-state index is 0.349. The molecule has 1 aliphatic heterocycles. The third kappa shape index (κ3) is 4.02. The number of aliphatic hydroxyl groups excluding tert-OH is 1. The van der Waals surface area contributed by atoms with Gasteiger partial charge < -0.3 is 19.7 Å². The lowest BCUT2D eigenvalue weighted by Gasteiger charge is -2.20. The molecular formula is C20H26N4O3S. The molecule has 0 aromatic carbocycles. The van der Waals surface area contributed by atoms with Crippen LogP contribution in [0.2, 0.25) is 0 Å². The van der Waals surface area contributed by atoms with Crippen LogP contribution >= 0.6 is 0 Å². The van der Waals surface area contributed by atoms with E-state index >= 15 is 0 Å². The molecule has 1 fully saturated rings. The third-order valence-electron chi connectivity index (χ3n) is 4.59. The van der Waals surface area contributed by atoms with Crippen LogP contribution in [0, 0.1) is 0 Å². The first-order valence-electron chi connectivity index (χ1n) is 9.36. The molecular weight excluding hydrogens is 376 g/mol. The van der Waals surface area contributed by atoms with Gasteiger partial charge >= 0.3 is 0 Å². The second kappa shape index (κ2) is 8.70. The Labute approximate surface area is 167 Å². The van der Waals surface area contributed by atoms with E-state index in [1.807, 2.05) is 38.1 Å². The number of methoxy groups -OCH3 is 1. The Morgan fingerprint density at radius 2 is 2.11 bits per heavy atom. The van der Waals surface area contributed by atoms with Crippen molar-refractivity contribution >= 4 is 27.7 Å². The standard InChI is InChI=1S/C18H20N4O3S.C2H6/c1-25-16-4-3-11-7-15(20-17(11)21-16)14-8-13(26(2)24)9-19-18(14)22-6-5-12(23)10-22;1-2/h3-4,7-9,12,23H,5-6,10H2,1-2H3,(H,20,21);1-2H3/t12?,26-;/m1./s1. The zero-order chi connectivity index (χ0) is 20.3. The summed E-state index contributed by atoms with van der Waals surface area (Å²) in [6, 6.07) is 7.64. The van der Waals surface area contributed by atoms with Crippen molar-refractivity contribution in [2.75, 3.05) is 31.4 Å². The summed E-state index contributed by atoms with van der Waals surface area (Å²) in [4.78, 5) is 15.0. The van der Waals surface area contributed by atoms with Gasteiger partial charge in [0.1, 0.15) is 11.5 Å². The highest BCUT2D eigenvalue weighted by atomic mass is 32.2. The van der Waals surface area contributed by atoms with Gasteiger partial charge in [-0.3, -0.25) is 4.21 Å². The minimum Gasteiger partial charge on any atom is -0.481 e. The van der Waals surface area contributed by atoms with Crippen LogP contribution in [0.3, 0.4) is 0 Å². The minimum atomic E-state index is -1.13.